The molecule has 1 fully saturated rings. The largest absolute Gasteiger partial charge is 0.472 e. The van der Waals surface area contributed by atoms with Gasteiger partial charge in [-0.05, 0) is 6.92 Å². The van der Waals surface area contributed by atoms with Gasteiger partial charge in [-0.15, -0.1) is 0 Å². The molecule has 0 spiro atoms. The summed E-state index contributed by atoms with van der Waals surface area (Å²) in [5, 5.41) is 0. The first-order chi connectivity index (χ1) is 9.45. The van der Waals surface area contributed by atoms with Crippen molar-refractivity contribution in [3.05, 3.63) is 0 Å². The van der Waals surface area contributed by atoms with Crippen LogP contribution in [0.1, 0.15) is 6.92 Å². The van der Waals surface area contributed by atoms with Gasteiger partial charge in [0.25, 0.3) is 0 Å². The minimum Gasteiger partial charge on any atom is -0.382 e. The zero-order valence-corrected chi connectivity index (χ0v) is 13.1. The van der Waals surface area contributed by atoms with Crippen LogP contribution in [0.3, 0.4) is 0 Å². The molecule has 9 heteroatoms. The summed E-state index contributed by atoms with van der Waals surface area (Å²) < 4.78 is 42.4. The molecule has 0 amide bonds. The maximum atomic E-state index is 11.6. The van der Waals surface area contributed by atoms with Crippen LogP contribution in [0.4, 0.5) is 0 Å². The highest BCUT2D eigenvalue weighted by Crippen LogP contribution is 2.46. The van der Waals surface area contributed by atoms with Crippen LogP contribution in [0.2, 0.25) is 0 Å². The Morgan fingerprint density at radius 2 is 1.85 bits per heavy atom. The number of hydrogen-bond acceptors (Lipinski definition) is 7. The molecule has 0 radical (unpaired) electrons. The summed E-state index contributed by atoms with van der Waals surface area (Å²) in [5.74, 6) is 0. The Kier molecular flexibility index (Phi) is 7.57. The highest BCUT2D eigenvalue weighted by Gasteiger charge is 2.47. The summed E-state index contributed by atoms with van der Waals surface area (Å²) in [5.41, 5.74) is 0. The van der Waals surface area contributed by atoms with Gasteiger partial charge >= 0.3 is 7.82 Å². The fourth-order valence-electron chi connectivity index (χ4n) is 2.03. The maximum Gasteiger partial charge on any atom is 0.472 e. The molecule has 5 unspecified atom stereocenters. The average molecular weight is 314 g/mol. The van der Waals surface area contributed by atoms with E-state index >= 15 is 0 Å². The van der Waals surface area contributed by atoms with Gasteiger partial charge in [0.1, 0.15) is 18.3 Å². The first-order valence-electron chi connectivity index (χ1n) is 6.27. The van der Waals surface area contributed by atoms with Gasteiger partial charge in [-0.2, -0.15) is 0 Å². The Labute approximate surface area is 118 Å². The predicted molar refractivity (Wildman–Crippen MR) is 69.5 cm³/mol. The summed E-state index contributed by atoms with van der Waals surface area (Å²) >= 11 is 0. The van der Waals surface area contributed by atoms with Crippen molar-refractivity contribution in [3.8, 4) is 0 Å². The molecule has 1 rings (SSSR count). The van der Waals surface area contributed by atoms with Crippen molar-refractivity contribution in [3.63, 3.8) is 0 Å². The summed E-state index contributed by atoms with van der Waals surface area (Å²) in [6.07, 6.45) is -2.05. The Morgan fingerprint density at radius 3 is 2.40 bits per heavy atom. The zero-order chi connectivity index (χ0) is 15.2. The maximum absolute atomic E-state index is 11.6. The lowest BCUT2D eigenvalue weighted by Gasteiger charge is -2.24. The quantitative estimate of drug-likeness (QED) is 0.488. The second-order valence-corrected chi connectivity index (χ2v) is 5.90. The standard InChI is InChI=1S/C11H23O8P/c1-8-10(17-6-5-14-2)11(9(18-8)7-15-3)19-20(12,13)16-4/h8-11H,5-7H2,1-4H3,(H,12,13). The van der Waals surface area contributed by atoms with Gasteiger partial charge in [-0.3, -0.25) is 9.05 Å². The molecule has 5 atom stereocenters. The molecule has 1 heterocycles. The zero-order valence-electron chi connectivity index (χ0n) is 12.2. The van der Waals surface area contributed by atoms with E-state index in [0.29, 0.717) is 13.2 Å². The average Bonchev–Trinajstić information content (AvgIpc) is 2.67. The van der Waals surface area contributed by atoms with Crippen molar-refractivity contribution in [1.82, 2.24) is 0 Å². The van der Waals surface area contributed by atoms with E-state index in [1.54, 1.807) is 14.0 Å². The van der Waals surface area contributed by atoms with Crippen molar-refractivity contribution in [2.45, 2.75) is 31.3 Å². The highest BCUT2D eigenvalue weighted by atomic mass is 31.2. The lowest BCUT2D eigenvalue weighted by Crippen LogP contribution is -2.38. The third-order valence-electron chi connectivity index (χ3n) is 2.96. The number of methoxy groups -OCH3 is 2. The number of phosphoric acid groups is 1. The Hall–Kier alpha value is -0.0500. The second kappa shape index (κ2) is 8.41. The third-order valence-corrected chi connectivity index (χ3v) is 3.93. The van der Waals surface area contributed by atoms with Crippen LogP contribution in [-0.4, -0.2) is 70.5 Å². The monoisotopic (exact) mass is 314 g/mol. The summed E-state index contributed by atoms with van der Waals surface area (Å²) in [6.45, 7) is 2.77. The fourth-order valence-corrected chi connectivity index (χ4v) is 2.68. The molecule has 0 aromatic carbocycles. The first kappa shape index (κ1) is 18.0. The van der Waals surface area contributed by atoms with Crippen LogP contribution in [0.15, 0.2) is 0 Å². The van der Waals surface area contributed by atoms with Crippen LogP contribution in [-0.2, 0) is 32.6 Å². The number of hydrogen-bond donors (Lipinski definition) is 1. The molecular formula is C11H23O8P. The lowest BCUT2D eigenvalue weighted by atomic mass is 10.1. The summed E-state index contributed by atoms with van der Waals surface area (Å²) in [7, 11) is 0.0449. The fraction of sp³-hybridized carbons (Fsp3) is 1.00. The minimum absolute atomic E-state index is 0.225. The molecule has 120 valence electrons. The number of rotatable bonds is 9. The van der Waals surface area contributed by atoms with Gasteiger partial charge in [-0.1, -0.05) is 0 Å². The Morgan fingerprint density at radius 1 is 1.15 bits per heavy atom. The first-order valence-corrected chi connectivity index (χ1v) is 7.76. The normalized spacial score (nSPS) is 33.2. The van der Waals surface area contributed by atoms with E-state index < -0.39 is 26.1 Å². The van der Waals surface area contributed by atoms with Crippen molar-refractivity contribution < 1.29 is 37.5 Å². The van der Waals surface area contributed by atoms with Gasteiger partial charge in [0.05, 0.1) is 25.9 Å². The smallest absolute Gasteiger partial charge is 0.382 e. The van der Waals surface area contributed by atoms with E-state index in [1.165, 1.54) is 7.11 Å². The van der Waals surface area contributed by atoms with Crippen LogP contribution >= 0.6 is 7.82 Å². The van der Waals surface area contributed by atoms with Crippen molar-refractivity contribution in [2.24, 2.45) is 0 Å². The molecule has 0 aromatic heterocycles. The van der Waals surface area contributed by atoms with Crippen LogP contribution in [0, 0.1) is 0 Å². The van der Waals surface area contributed by atoms with Gasteiger partial charge in [0.15, 0.2) is 0 Å². The molecule has 1 aliphatic heterocycles. The molecule has 1 N–H and O–H groups in total. The molecular weight excluding hydrogens is 291 g/mol. The number of ether oxygens (including phenoxy) is 4. The predicted octanol–water partition coefficient (Wildman–Crippen LogP) is 0.584. The highest BCUT2D eigenvalue weighted by molar-refractivity contribution is 7.47. The van der Waals surface area contributed by atoms with E-state index in [0.717, 1.165) is 7.11 Å². The molecule has 8 nitrogen and oxygen atoms in total. The Balaban J connectivity index is 2.74. The van der Waals surface area contributed by atoms with Crippen LogP contribution in [0.5, 0.6) is 0 Å². The summed E-state index contributed by atoms with van der Waals surface area (Å²) in [4.78, 5) is 9.48. The Bertz CT molecular complexity index is 326. The minimum atomic E-state index is -4.13. The SMILES string of the molecule is COCCOC1C(C)OC(COC)C1OP(=O)(O)OC. The van der Waals surface area contributed by atoms with E-state index in [4.69, 9.17) is 23.5 Å². The second-order valence-electron chi connectivity index (χ2n) is 4.38. The third kappa shape index (κ3) is 5.05. The molecule has 1 saturated heterocycles. The molecule has 0 aliphatic carbocycles. The van der Waals surface area contributed by atoms with E-state index in [9.17, 15) is 9.46 Å². The van der Waals surface area contributed by atoms with E-state index in [1.807, 2.05) is 0 Å². The molecule has 1 aliphatic rings. The summed E-state index contributed by atoms with van der Waals surface area (Å²) in [6, 6.07) is 0. The van der Waals surface area contributed by atoms with Crippen LogP contribution < -0.4 is 0 Å². The van der Waals surface area contributed by atoms with Crippen molar-refractivity contribution in [1.29, 1.82) is 0 Å². The van der Waals surface area contributed by atoms with Gasteiger partial charge in [0, 0.05) is 21.3 Å². The molecule has 20 heavy (non-hydrogen) atoms. The van der Waals surface area contributed by atoms with Crippen molar-refractivity contribution in [2.75, 3.05) is 41.2 Å². The topological polar surface area (TPSA) is 92.7 Å². The van der Waals surface area contributed by atoms with Gasteiger partial charge in [0.2, 0.25) is 0 Å². The van der Waals surface area contributed by atoms with Gasteiger partial charge < -0.3 is 23.8 Å². The number of phosphoric ester groups is 1. The molecule has 0 bridgehead atoms. The van der Waals surface area contributed by atoms with E-state index in [2.05, 4.69) is 4.52 Å². The molecule has 0 saturated carbocycles. The molecule has 0 aromatic rings. The lowest BCUT2D eigenvalue weighted by molar-refractivity contribution is -0.0480. The van der Waals surface area contributed by atoms with Crippen LogP contribution in [0.25, 0.3) is 0 Å². The van der Waals surface area contributed by atoms with Gasteiger partial charge in [-0.25, -0.2) is 4.57 Å². The van der Waals surface area contributed by atoms with Crippen molar-refractivity contribution >= 4 is 7.82 Å². The van der Waals surface area contributed by atoms with E-state index in [-0.39, 0.29) is 12.7 Å².